The van der Waals surface area contributed by atoms with E-state index in [0.717, 1.165) is 23.1 Å². The molecule has 0 amide bonds. The van der Waals surface area contributed by atoms with Crippen molar-refractivity contribution in [1.29, 1.82) is 0 Å². The molecule has 0 aliphatic rings. The minimum atomic E-state index is -3.78. The lowest BCUT2D eigenvalue weighted by atomic mass is 10.1. The number of nitrogen functional groups attached to an aromatic ring is 2. The number of nitrogens with zero attached hydrogens (tertiary/aromatic N) is 4. The number of rotatable bonds is 8. The highest BCUT2D eigenvalue weighted by Gasteiger charge is 2.19. The van der Waals surface area contributed by atoms with E-state index in [-0.39, 0.29) is 21.4 Å². The highest BCUT2D eigenvalue weighted by Crippen LogP contribution is 2.25. The average molecular weight is 493 g/mol. The summed E-state index contributed by atoms with van der Waals surface area (Å²) in [5.74, 6) is 0.471. The van der Waals surface area contributed by atoms with Crippen molar-refractivity contribution in [3.63, 3.8) is 0 Å². The Bertz CT molecular complexity index is 1490. The first-order chi connectivity index (χ1) is 16.7. The molecule has 0 radical (unpaired) electrons. The molecule has 4 rings (SSSR count). The van der Waals surface area contributed by atoms with Crippen molar-refractivity contribution in [2.24, 2.45) is 0 Å². The minimum absolute atomic E-state index is 0.00680. The molecule has 3 aromatic carbocycles. The van der Waals surface area contributed by atoms with Crippen LogP contribution in [-0.4, -0.2) is 34.8 Å². The number of aromatic nitrogens is 2. The van der Waals surface area contributed by atoms with E-state index in [2.05, 4.69) is 14.9 Å². The average Bonchev–Trinajstić information content (AvgIpc) is 2.84. The monoisotopic (exact) mass is 492 g/mol. The topological polar surface area (TPSA) is 158 Å². The Morgan fingerprint density at radius 3 is 2.06 bits per heavy atom. The van der Waals surface area contributed by atoms with Gasteiger partial charge in [0, 0.05) is 30.6 Å². The normalized spacial score (nSPS) is 11.7. The number of nitro groups is 1. The molecule has 1 heterocycles. The van der Waals surface area contributed by atoms with Crippen molar-refractivity contribution in [2.75, 3.05) is 18.0 Å². The molecule has 4 N–H and O–H groups in total. The van der Waals surface area contributed by atoms with Gasteiger partial charge in [0.25, 0.3) is 5.69 Å². The highest BCUT2D eigenvalue weighted by molar-refractivity contribution is 7.91. The first kappa shape index (κ1) is 24.0. The van der Waals surface area contributed by atoms with Crippen molar-refractivity contribution in [3.05, 3.63) is 88.0 Å². The van der Waals surface area contributed by atoms with Crippen molar-refractivity contribution < 1.29 is 13.3 Å². The van der Waals surface area contributed by atoms with Crippen LogP contribution >= 0.6 is 0 Å². The van der Waals surface area contributed by atoms with Gasteiger partial charge in [0.2, 0.25) is 15.8 Å². The lowest BCUT2D eigenvalue weighted by Gasteiger charge is -2.21. The van der Waals surface area contributed by atoms with Gasteiger partial charge in [-0.2, -0.15) is 4.98 Å². The smallest absolute Gasteiger partial charge is 0.269 e. The van der Waals surface area contributed by atoms with Crippen LogP contribution in [0.3, 0.4) is 0 Å². The highest BCUT2D eigenvalue weighted by atomic mass is 32.2. The molecule has 0 aliphatic carbocycles. The molecule has 1 aromatic heterocycles. The molecular formula is C24H24N6O4S. The van der Waals surface area contributed by atoms with Gasteiger partial charge in [-0.1, -0.05) is 25.1 Å². The van der Waals surface area contributed by atoms with E-state index >= 15 is 0 Å². The molecule has 0 atom stereocenters. The second kappa shape index (κ2) is 9.65. The molecule has 0 aliphatic heterocycles. The summed E-state index contributed by atoms with van der Waals surface area (Å²) in [6.07, 6.45) is 0. The summed E-state index contributed by atoms with van der Waals surface area (Å²) < 4.78 is 25.8. The largest absolute Gasteiger partial charge is 0.383 e. The number of hydrogen-bond donors (Lipinski definition) is 2. The van der Waals surface area contributed by atoms with Gasteiger partial charge in [-0.15, -0.1) is 0 Å². The molecule has 0 fully saturated rings. The SMILES string of the molecule is CCN(Cc1ccc(S(=O)(=O)c2ccc([N+](=O)[O-])cc2)cc1)Cc1ccc2nc(N)nc(N)c2c1. The van der Waals surface area contributed by atoms with Crippen molar-refractivity contribution in [2.45, 2.75) is 29.8 Å². The number of hydrogen-bond acceptors (Lipinski definition) is 9. The number of benzene rings is 3. The Morgan fingerprint density at radius 1 is 0.886 bits per heavy atom. The Labute approximate surface area is 202 Å². The third kappa shape index (κ3) is 5.20. The molecule has 4 aromatic rings. The van der Waals surface area contributed by atoms with Crippen molar-refractivity contribution in [1.82, 2.24) is 14.9 Å². The molecule has 0 spiro atoms. The molecule has 0 saturated carbocycles. The number of fused-ring (bicyclic) bond motifs is 1. The van der Waals surface area contributed by atoms with Gasteiger partial charge in [0.15, 0.2) is 0 Å². The fraction of sp³-hybridized carbons (Fsp3) is 0.167. The maximum absolute atomic E-state index is 12.9. The number of sulfone groups is 1. The first-order valence-corrected chi connectivity index (χ1v) is 12.3. The lowest BCUT2D eigenvalue weighted by Crippen LogP contribution is -2.22. The van der Waals surface area contributed by atoms with Gasteiger partial charge < -0.3 is 11.5 Å². The van der Waals surface area contributed by atoms with E-state index in [0.29, 0.717) is 24.4 Å². The fourth-order valence-corrected chi connectivity index (χ4v) is 5.03. The third-order valence-electron chi connectivity index (χ3n) is 5.66. The maximum Gasteiger partial charge on any atom is 0.269 e. The van der Waals surface area contributed by atoms with Gasteiger partial charge in [0.05, 0.1) is 20.2 Å². The Morgan fingerprint density at radius 2 is 1.46 bits per heavy atom. The Balaban J connectivity index is 1.49. The van der Waals surface area contributed by atoms with E-state index < -0.39 is 14.8 Å². The predicted molar refractivity (Wildman–Crippen MR) is 133 cm³/mol. The molecule has 180 valence electrons. The Kier molecular flexibility index (Phi) is 6.63. The van der Waals surface area contributed by atoms with Crippen LogP contribution in [-0.2, 0) is 22.9 Å². The minimum Gasteiger partial charge on any atom is -0.383 e. The molecule has 0 saturated heterocycles. The number of anilines is 2. The van der Waals surface area contributed by atoms with Crippen LogP contribution in [0.1, 0.15) is 18.1 Å². The summed E-state index contributed by atoms with van der Waals surface area (Å²) in [5.41, 5.74) is 14.2. The van der Waals surface area contributed by atoms with Crippen LogP contribution < -0.4 is 11.5 Å². The molecule has 10 nitrogen and oxygen atoms in total. The predicted octanol–water partition coefficient (Wildman–Crippen LogP) is 3.56. The molecule has 0 bridgehead atoms. The van der Waals surface area contributed by atoms with E-state index in [1.807, 2.05) is 25.1 Å². The van der Waals surface area contributed by atoms with Gasteiger partial charge >= 0.3 is 0 Å². The zero-order valence-corrected chi connectivity index (χ0v) is 19.8. The zero-order valence-electron chi connectivity index (χ0n) is 19.0. The fourth-order valence-electron chi connectivity index (χ4n) is 3.77. The van der Waals surface area contributed by atoms with Gasteiger partial charge in [-0.3, -0.25) is 15.0 Å². The van der Waals surface area contributed by atoms with Crippen LogP contribution in [0.4, 0.5) is 17.5 Å². The summed E-state index contributed by atoms with van der Waals surface area (Å²) in [5, 5.41) is 11.6. The first-order valence-electron chi connectivity index (χ1n) is 10.8. The van der Waals surface area contributed by atoms with E-state index in [1.54, 1.807) is 24.3 Å². The van der Waals surface area contributed by atoms with Gasteiger partial charge in [0.1, 0.15) is 5.82 Å². The molecular weight excluding hydrogens is 468 g/mol. The standard InChI is InChI=1S/C24H24N6O4S/c1-2-29(15-17-5-12-22-21(13-17)23(25)28-24(26)27-22)14-16-3-8-19(9-4-16)35(33,34)20-10-6-18(7-11-20)30(31)32/h3-13H,2,14-15H2,1H3,(H4,25,26,27,28). The summed E-state index contributed by atoms with van der Waals surface area (Å²) in [7, 11) is -3.78. The van der Waals surface area contributed by atoms with Crippen molar-refractivity contribution in [3.8, 4) is 0 Å². The van der Waals surface area contributed by atoms with E-state index in [4.69, 9.17) is 11.5 Å². The van der Waals surface area contributed by atoms with Crippen LogP contribution in [0.15, 0.2) is 76.5 Å². The number of nitro benzene ring substituents is 1. The van der Waals surface area contributed by atoms with Crippen molar-refractivity contribution >= 4 is 38.2 Å². The lowest BCUT2D eigenvalue weighted by molar-refractivity contribution is -0.384. The second-order valence-corrected chi connectivity index (χ2v) is 9.97. The van der Waals surface area contributed by atoms with Crippen LogP contribution in [0.5, 0.6) is 0 Å². The van der Waals surface area contributed by atoms with E-state index in [9.17, 15) is 18.5 Å². The van der Waals surface area contributed by atoms with E-state index in [1.165, 1.54) is 24.3 Å². The summed E-state index contributed by atoms with van der Waals surface area (Å²) in [6, 6.07) is 17.3. The maximum atomic E-state index is 12.9. The van der Waals surface area contributed by atoms with Crippen LogP contribution in [0.2, 0.25) is 0 Å². The molecule has 11 heteroatoms. The number of non-ortho nitro benzene ring substituents is 1. The quantitative estimate of drug-likeness (QED) is 0.277. The summed E-state index contributed by atoms with van der Waals surface area (Å²) in [6.45, 7) is 4.08. The second-order valence-electron chi connectivity index (χ2n) is 8.02. The third-order valence-corrected chi connectivity index (χ3v) is 7.44. The van der Waals surface area contributed by atoms with Crippen LogP contribution in [0, 0.1) is 10.1 Å². The summed E-state index contributed by atoms with van der Waals surface area (Å²) >= 11 is 0. The van der Waals surface area contributed by atoms with Crippen LogP contribution in [0.25, 0.3) is 10.9 Å². The Hall–Kier alpha value is -4.09. The molecule has 35 heavy (non-hydrogen) atoms. The van der Waals surface area contributed by atoms with Gasteiger partial charge in [-0.05, 0) is 54.1 Å². The number of nitrogens with two attached hydrogens (primary N) is 2. The molecule has 0 unspecified atom stereocenters. The van der Waals surface area contributed by atoms with Gasteiger partial charge in [-0.25, -0.2) is 13.4 Å². The zero-order chi connectivity index (χ0) is 25.2. The summed E-state index contributed by atoms with van der Waals surface area (Å²) in [4.78, 5) is 20.8.